The quantitative estimate of drug-likeness (QED) is 0.285. The van der Waals surface area contributed by atoms with Gasteiger partial charge in [0.15, 0.2) is 5.16 Å². The second-order valence-corrected chi connectivity index (χ2v) is 8.24. The first-order valence-corrected chi connectivity index (χ1v) is 10.2. The van der Waals surface area contributed by atoms with Crippen LogP contribution >= 0.6 is 27.7 Å². The fourth-order valence-electron chi connectivity index (χ4n) is 2.77. The third kappa shape index (κ3) is 4.53. The number of nitrogens with zero attached hydrogens (tertiary/aromatic N) is 4. The van der Waals surface area contributed by atoms with E-state index in [0.29, 0.717) is 10.9 Å². The van der Waals surface area contributed by atoms with E-state index in [9.17, 15) is 10.1 Å². The van der Waals surface area contributed by atoms with Crippen molar-refractivity contribution in [2.75, 3.05) is 13.7 Å². The highest BCUT2D eigenvalue weighted by atomic mass is 79.9. The van der Waals surface area contributed by atoms with E-state index >= 15 is 0 Å². The third-order valence-corrected chi connectivity index (χ3v) is 6.00. The molecule has 0 radical (unpaired) electrons. The Labute approximate surface area is 175 Å². The largest absolute Gasteiger partial charge is 0.496 e. The summed E-state index contributed by atoms with van der Waals surface area (Å²) in [6.45, 7) is 3.65. The normalized spacial score (nSPS) is 12.0. The van der Waals surface area contributed by atoms with Gasteiger partial charge in [-0.05, 0) is 59.6 Å². The lowest BCUT2D eigenvalue weighted by Crippen LogP contribution is -2.11. The van der Waals surface area contributed by atoms with E-state index in [2.05, 4.69) is 26.1 Å². The van der Waals surface area contributed by atoms with E-state index in [0.717, 1.165) is 27.1 Å². The molecular weight excluding hydrogens is 444 g/mol. The van der Waals surface area contributed by atoms with Crippen LogP contribution in [0.25, 0.3) is 5.69 Å². The predicted molar refractivity (Wildman–Crippen MR) is 112 cm³/mol. The fourth-order valence-corrected chi connectivity index (χ4v) is 4.49. The smallest absolute Gasteiger partial charge is 0.220 e. The van der Waals surface area contributed by atoms with Gasteiger partial charge in [-0.1, -0.05) is 35.5 Å². The van der Waals surface area contributed by atoms with Crippen LogP contribution in [0.1, 0.15) is 22.2 Å². The summed E-state index contributed by atoms with van der Waals surface area (Å²) in [5, 5.41) is 19.9. The average molecular weight is 463 g/mol. The van der Waals surface area contributed by atoms with Gasteiger partial charge in [0.1, 0.15) is 16.8 Å². The molecule has 0 amide bonds. The van der Waals surface area contributed by atoms with Crippen LogP contribution < -0.4 is 4.74 Å². The molecule has 1 atom stereocenters. The summed E-state index contributed by atoms with van der Waals surface area (Å²) in [6.07, 6.45) is 0. The molecule has 3 aromatic rings. The Balaban J connectivity index is 1.97. The summed E-state index contributed by atoms with van der Waals surface area (Å²) in [4.78, 5) is 11.0. The van der Waals surface area contributed by atoms with Crippen molar-refractivity contribution in [1.82, 2.24) is 14.8 Å². The molecule has 7 nitrogen and oxygen atoms in total. The Morgan fingerprint density at radius 2 is 1.93 bits per heavy atom. The van der Waals surface area contributed by atoms with Gasteiger partial charge in [-0.2, -0.15) is 0 Å². The molecule has 0 saturated carbocycles. The molecule has 2 aromatic carbocycles. The lowest BCUT2D eigenvalue weighted by molar-refractivity contribution is -0.479. The van der Waals surface area contributed by atoms with E-state index in [-0.39, 0.29) is 11.5 Å². The predicted octanol–water partition coefficient (Wildman–Crippen LogP) is 4.77. The van der Waals surface area contributed by atoms with Gasteiger partial charge in [-0.15, -0.1) is 10.2 Å². The minimum Gasteiger partial charge on any atom is -0.496 e. The summed E-state index contributed by atoms with van der Waals surface area (Å²) in [5.41, 5.74) is 2.88. The molecule has 3 rings (SSSR count). The molecule has 0 N–H and O–H groups in total. The molecule has 0 saturated heterocycles. The molecule has 0 fully saturated rings. The zero-order chi connectivity index (χ0) is 20.3. The van der Waals surface area contributed by atoms with Gasteiger partial charge in [0.2, 0.25) is 6.54 Å². The summed E-state index contributed by atoms with van der Waals surface area (Å²) in [6, 6.07) is 13.5. The van der Waals surface area contributed by atoms with Gasteiger partial charge in [-0.3, -0.25) is 14.7 Å². The number of ether oxygens (including phenoxy) is 1. The Morgan fingerprint density at radius 3 is 2.54 bits per heavy atom. The number of nitro groups is 1. The Kier molecular flexibility index (Phi) is 6.35. The first-order valence-electron chi connectivity index (χ1n) is 8.50. The topological polar surface area (TPSA) is 83.1 Å². The number of rotatable bonds is 7. The molecule has 0 spiro atoms. The minimum atomic E-state index is -0.426. The van der Waals surface area contributed by atoms with Gasteiger partial charge < -0.3 is 4.74 Å². The number of aromatic nitrogens is 3. The third-order valence-electron chi connectivity index (χ3n) is 4.20. The molecule has 0 aliphatic heterocycles. The van der Waals surface area contributed by atoms with Gasteiger partial charge in [-0.25, -0.2) is 0 Å². The molecule has 9 heteroatoms. The molecule has 28 heavy (non-hydrogen) atoms. The lowest BCUT2D eigenvalue weighted by Gasteiger charge is -2.15. The van der Waals surface area contributed by atoms with Crippen molar-refractivity contribution in [2.24, 2.45) is 0 Å². The Hall–Kier alpha value is -2.39. The molecule has 146 valence electrons. The van der Waals surface area contributed by atoms with Crippen molar-refractivity contribution < 1.29 is 9.66 Å². The molecule has 0 aliphatic rings. The van der Waals surface area contributed by atoms with Crippen LogP contribution in [0.4, 0.5) is 0 Å². The van der Waals surface area contributed by atoms with Crippen LogP contribution in [-0.4, -0.2) is 33.3 Å². The number of halogens is 1. The molecule has 0 bridgehead atoms. The molecule has 0 unspecified atom stereocenters. The van der Waals surface area contributed by atoms with Crippen LogP contribution in [0, 0.1) is 24.0 Å². The summed E-state index contributed by atoms with van der Waals surface area (Å²) >= 11 is 4.78. The van der Waals surface area contributed by atoms with Crippen LogP contribution in [0.2, 0.25) is 0 Å². The zero-order valence-corrected chi connectivity index (χ0v) is 18.0. The highest BCUT2D eigenvalue weighted by Gasteiger charge is 2.24. The highest BCUT2D eigenvalue weighted by Crippen LogP contribution is 2.38. The second kappa shape index (κ2) is 8.74. The van der Waals surface area contributed by atoms with Crippen molar-refractivity contribution in [1.29, 1.82) is 0 Å². The van der Waals surface area contributed by atoms with Crippen molar-refractivity contribution in [3.8, 4) is 11.4 Å². The maximum Gasteiger partial charge on any atom is 0.220 e. The second-order valence-electron chi connectivity index (χ2n) is 6.22. The van der Waals surface area contributed by atoms with Gasteiger partial charge in [0.25, 0.3) is 0 Å². The lowest BCUT2D eigenvalue weighted by atomic mass is 10.1. The number of hydrogen-bond acceptors (Lipinski definition) is 6. The zero-order valence-electron chi connectivity index (χ0n) is 15.6. The van der Waals surface area contributed by atoms with Crippen molar-refractivity contribution in [3.63, 3.8) is 0 Å². The van der Waals surface area contributed by atoms with E-state index < -0.39 is 5.25 Å². The molecule has 1 heterocycles. The van der Waals surface area contributed by atoms with Gasteiger partial charge >= 0.3 is 0 Å². The Morgan fingerprint density at radius 1 is 1.21 bits per heavy atom. The number of hydrogen-bond donors (Lipinski definition) is 0. The standard InChI is InChI=1S/C19H19BrN4O3S/c1-12-4-7-15(8-5-12)24-13(2)21-22-19(24)28-18(11-23(25)26)14-6-9-17(27-3)16(20)10-14/h4-10,18H,11H2,1-3H3/t18-/m1/s1. The van der Waals surface area contributed by atoms with E-state index in [1.807, 2.05) is 54.8 Å². The number of thioether (sulfide) groups is 1. The van der Waals surface area contributed by atoms with Gasteiger partial charge in [0, 0.05) is 10.6 Å². The summed E-state index contributed by atoms with van der Waals surface area (Å²) in [7, 11) is 1.58. The van der Waals surface area contributed by atoms with Crippen molar-refractivity contribution in [3.05, 3.63) is 74.0 Å². The van der Waals surface area contributed by atoms with Crippen LogP contribution in [0.5, 0.6) is 5.75 Å². The Bertz CT molecular complexity index is 991. The van der Waals surface area contributed by atoms with E-state index in [4.69, 9.17) is 4.74 Å². The number of aryl methyl sites for hydroxylation is 2. The fraction of sp³-hybridized carbons (Fsp3) is 0.263. The van der Waals surface area contributed by atoms with E-state index in [1.165, 1.54) is 11.8 Å². The number of methoxy groups -OCH3 is 1. The monoisotopic (exact) mass is 462 g/mol. The average Bonchev–Trinajstić information content (AvgIpc) is 3.02. The highest BCUT2D eigenvalue weighted by molar-refractivity contribution is 9.10. The van der Waals surface area contributed by atoms with Gasteiger partial charge in [0.05, 0.1) is 11.6 Å². The molecule has 1 aromatic heterocycles. The summed E-state index contributed by atoms with van der Waals surface area (Å²) in [5.74, 6) is 1.40. The van der Waals surface area contributed by atoms with E-state index in [1.54, 1.807) is 13.2 Å². The minimum absolute atomic E-state index is 0.233. The summed E-state index contributed by atoms with van der Waals surface area (Å²) < 4.78 is 7.92. The SMILES string of the molecule is COc1ccc([C@@H](C[N+](=O)[O-])Sc2nnc(C)n2-c2ccc(C)cc2)cc1Br. The number of benzene rings is 2. The first-order chi connectivity index (χ1) is 13.4. The molecular formula is C19H19BrN4O3S. The van der Waals surface area contributed by atoms with Crippen molar-refractivity contribution in [2.45, 2.75) is 24.3 Å². The maximum atomic E-state index is 11.3. The van der Waals surface area contributed by atoms with Crippen LogP contribution in [0.15, 0.2) is 52.1 Å². The molecule has 0 aliphatic carbocycles. The van der Waals surface area contributed by atoms with Crippen LogP contribution in [0.3, 0.4) is 0 Å². The first kappa shape index (κ1) is 20.3. The van der Waals surface area contributed by atoms with Crippen LogP contribution in [-0.2, 0) is 0 Å². The maximum absolute atomic E-state index is 11.3. The van der Waals surface area contributed by atoms with Crippen molar-refractivity contribution >= 4 is 27.7 Å².